The van der Waals surface area contributed by atoms with Gasteiger partial charge in [-0.2, -0.15) is 0 Å². The molecule has 5 heteroatoms. The summed E-state index contributed by atoms with van der Waals surface area (Å²) in [5, 5.41) is 12.9. The Bertz CT molecular complexity index is 530. The van der Waals surface area contributed by atoms with Crippen LogP contribution in [0.1, 0.15) is 32.8 Å². The number of aliphatic imine (C=N–C) groups is 1. The molecule has 0 bridgehead atoms. The van der Waals surface area contributed by atoms with Crippen molar-refractivity contribution in [3.8, 4) is 0 Å². The number of guanidine groups is 1. The number of rotatable bonds is 4. The summed E-state index contributed by atoms with van der Waals surface area (Å²) in [7, 11) is 0. The van der Waals surface area contributed by atoms with Crippen molar-refractivity contribution in [1.82, 2.24) is 10.2 Å². The third-order valence-electron chi connectivity index (χ3n) is 4.02. The molecule has 0 radical (unpaired) electrons. The summed E-state index contributed by atoms with van der Waals surface area (Å²) in [6.07, 6.45) is 0.477. The smallest absolute Gasteiger partial charge is 0.194 e. The lowest BCUT2D eigenvalue weighted by molar-refractivity contribution is 0.187. The first-order valence-corrected chi connectivity index (χ1v) is 7.90. The second-order valence-electron chi connectivity index (χ2n) is 6.42. The maximum atomic E-state index is 14.0. The zero-order valence-corrected chi connectivity index (χ0v) is 13.6. The van der Waals surface area contributed by atoms with Gasteiger partial charge >= 0.3 is 0 Å². The molecule has 1 aromatic carbocycles. The van der Waals surface area contributed by atoms with Crippen molar-refractivity contribution in [3.05, 3.63) is 35.6 Å². The predicted octanol–water partition coefficient (Wildman–Crippen LogP) is 2.14. The van der Waals surface area contributed by atoms with Gasteiger partial charge in [0.25, 0.3) is 0 Å². The van der Waals surface area contributed by atoms with Gasteiger partial charge in [0, 0.05) is 25.0 Å². The summed E-state index contributed by atoms with van der Waals surface area (Å²) in [6, 6.07) is 6.86. The highest BCUT2D eigenvalue weighted by atomic mass is 19.1. The summed E-state index contributed by atoms with van der Waals surface area (Å²) in [5.41, 5.74) is 0.292. The van der Waals surface area contributed by atoms with Gasteiger partial charge in [-0.1, -0.05) is 32.0 Å². The van der Waals surface area contributed by atoms with E-state index >= 15 is 0 Å². The fraction of sp³-hybridized carbons (Fsp3) is 0.588. The Balaban J connectivity index is 2.14. The third kappa shape index (κ3) is 3.97. The van der Waals surface area contributed by atoms with Gasteiger partial charge in [0.05, 0.1) is 12.6 Å². The fourth-order valence-electron chi connectivity index (χ4n) is 2.73. The lowest BCUT2D eigenvalue weighted by atomic mass is 9.84. The normalized spacial score (nSPS) is 19.6. The molecule has 0 amide bonds. The third-order valence-corrected chi connectivity index (χ3v) is 4.02. The molecule has 0 spiro atoms. The number of aliphatic hydroxyl groups is 1. The molecule has 0 aliphatic carbocycles. The number of nitrogens with zero attached hydrogens (tertiary/aromatic N) is 2. The van der Waals surface area contributed by atoms with Crippen molar-refractivity contribution < 1.29 is 9.50 Å². The largest absolute Gasteiger partial charge is 0.391 e. The second-order valence-corrected chi connectivity index (χ2v) is 6.42. The topological polar surface area (TPSA) is 47.9 Å². The number of nitrogens with one attached hydrogen (secondary N) is 1. The first kappa shape index (κ1) is 16.7. The average molecular weight is 307 g/mol. The van der Waals surface area contributed by atoms with E-state index in [2.05, 4.69) is 15.2 Å². The SMILES string of the molecule is CCNC(=NCC(C)(C)c1ccccc1F)N1CC[C@@H](O)C1. The van der Waals surface area contributed by atoms with Crippen LogP contribution in [0.5, 0.6) is 0 Å². The van der Waals surface area contributed by atoms with Crippen molar-refractivity contribution in [2.75, 3.05) is 26.2 Å². The molecule has 2 rings (SSSR count). The van der Waals surface area contributed by atoms with Gasteiger partial charge in [-0.15, -0.1) is 0 Å². The quantitative estimate of drug-likeness (QED) is 0.662. The fourth-order valence-corrected chi connectivity index (χ4v) is 2.73. The summed E-state index contributed by atoms with van der Waals surface area (Å²) >= 11 is 0. The molecule has 1 atom stereocenters. The number of aliphatic hydroxyl groups excluding tert-OH is 1. The number of β-amino-alcohol motifs (C(OH)–C–C–N with tert-alkyl or cyclic N) is 1. The van der Waals surface area contributed by atoms with Crippen molar-refractivity contribution in [3.63, 3.8) is 0 Å². The van der Waals surface area contributed by atoms with Gasteiger partial charge in [-0.3, -0.25) is 4.99 Å². The number of likely N-dealkylation sites (tertiary alicyclic amines) is 1. The predicted molar refractivity (Wildman–Crippen MR) is 87.6 cm³/mol. The number of halogens is 1. The van der Waals surface area contributed by atoms with Gasteiger partial charge in [-0.25, -0.2) is 4.39 Å². The zero-order chi connectivity index (χ0) is 16.2. The molecule has 122 valence electrons. The van der Waals surface area contributed by atoms with E-state index in [9.17, 15) is 9.50 Å². The highest BCUT2D eigenvalue weighted by molar-refractivity contribution is 5.80. The maximum absolute atomic E-state index is 14.0. The summed E-state index contributed by atoms with van der Waals surface area (Å²) in [6.45, 7) is 8.67. The van der Waals surface area contributed by atoms with Crippen LogP contribution >= 0.6 is 0 Å². The Morgan fingerprint density at radius 3 is 2.77 bits per heavy atom. The minimum absolute atomic E-state index is 0.190. The van der Waals surface area contributed by atoms with Crippen LogP contribution in [0.2, 0.25) is 0 Å². The van der Waals surface area contributed by atoms with Crippen molar-refractivity contribution in [1.29, 1.82) is 0 Å². The van der Waals surface area contributed by atoms with E-state index in [-0.39, 0.29) is 17.3 Å². The molecule has 2 N–H and O–H groups in total. The van der Waals surface area contributed by atoms with Crippen LogP contribution in [-0.4, -0.2) is 48.2 Å². The lowest BCUT2D eigenvalue weighted by Gasteiger charge is -2.26. The molecule has 4 nitrogen and oxygen atoms in total. The van der Waals surface area contributed by atoms with Gasteiger partial charge in [0.15, 0.2) is 5.96 Å². The highest BCUT2D eigenvalue weighted by Crippen LogP contribution is 2.26. The van der Waals surface area contributed by atoms with Crippen LogP contribution in [0.25, 0.3) is 0 Å². The van der Waals surface area contributed by atoms with E-state index in [1.165, 1.54) is 6.07 Å². The van der Waals surface area contributed by atoms with Crippen LogP contribution < -0.4 is 5.32 Å². The highest BCUT2D eigenvalue weighted by Gasteiger charge is 2.26. The number of hydrogen-bond donors (Lipinski definition) is 2. The Morgan fingerprint density at radius 2 is 2.18 bits per heavy atom. The zero-order valence-electron chi connectivity index (χ0n) is 13.6. The van der Waals surface area contributed by atoms with Crippen LogP contribution in [0.4, 0.5) is 4.39 Å². The molecule has 1 heterocycles. The molecule has 1 fully saturated rings. The molecular formula is C17H26FN3O. The molecule has 0 aromatic heterocycles. The van der Waals surface area contributed by atoms with Gasteiger partial charge in [-0.05, 0) is 25.0 Å². The van der Waals surface area contributed by atoms with E-state index in [0.717, 1.165) is 25.5 Å². The molecule has 0 unspecified atom stereocenters. The molecule has 1 saturated heterocycles. The lowest BCUT2D eigenvalue weighted by Crippen LogP contribution is -2.41. The molecule has 1 aliphatic heterocycles. The Labute approximate surface area is 132 Å². The molecule has 0 saturated carbocycles. The van der Waals surface area contributed by atoms with Crippen LogP contribution in [0.15, 0.2) is 29.3 Å². The second kappa shape index (κ2) is 7.09. The van der Waals surface area contributed by atoms with E-state index in [1.807, 2.05) is 32.9 Å². The Hall–Kier alpha value is -1.62. The molecule has 22 heavy (non-hydrogen) atoms. The standard InChI is InChI=1S/C17H26FN3O/c1-4-19-16(21-10-9-13(22)11-21)20-12-17(2,3)14-7-5-6-8-15(14)18/h5-8,13,22H,4,9-12H2,1-3H3,(H,19,20)/t13-/m1/s1. The minimum atomic E-state index is -0.385. The molecule has 1 aliphatic rings. The molecule has 1 aromatic rings. The van der Waals surface area contributed by atoms with Crippen LogP contribution in [0, 0.1) is 5.82 Å². The van der Waals surface area contributed by atoms with Gasteiger partial charge < -0.3 is 15.3 Å². The maximum Gasteiger partial charge on any atom is 0.194 e. The summed E-state index contributed by atoms with van der Waals surface area (Å²) < 4.78 is 14.0. The number of benzene rings is 1. The Kier molecular flexibility index (Phi) is 5.40. The van der Waals surface area contributed by atoms with Crippen LogP contribution in [0.3, 0.4) is 0 Å². The van der Waals surface area contributed by atoms with E-state index in [4.69, 9.17) is 0 Å². The summed E-state index contributed by atoms with van der Waals surface area (Å²) in [5.74, 6) is 0.604. The van der Waals surface area contributed by atoms with E-state index in [1.54, 1.807) is 6.07 Å². The van der Waals surface area contributed by atoms with E-state index < -0.39 is 0 Å². The van der Waals surface area contributed by atoms with Gasteiger partial charge in [0.2, 0.25) is 0 Å². The molecular weight excluding hydrogens is 281 g/mol. The Morgan fingerprint density at radius 1 is 1.45 bits per heavy atom. The summed E-state index contributed by atoms with van der Waals surface area (Å²) in [4.78, 5) is 6.73. The first-order valence-electron chi connectivity index (χ1n) is 7.90. The first-order chi connectivity index (χ1) is 10.4. The van der Waals surface area contributed by atoms with Crippen molar-refractivity contribution in [2.45, 2.75) is 38.7 Å². The number of hydrogen-bond acceptors (Lipinski definition) is 2. The monoisotopic (exact) mass is 307 g/mol. The minimum Gasteiger partial charge on any atom is -0.391 e. The van der Waals surface area contributed by atoms with Crippen molar-refractivity contribution in [2.24, 2.45) is 4.99 Å². The average Bonchev–Trinajstić information content (AvgIpc) is 2.90. The van der Waals surface area contributed by atoms with Crippen LogP contribution in [-0.2, 0) is 5.41 Å². The van der Waals surface area contributed by atoms with Gasteiger partial charge in [0.1, 0.15) is 5.82 Å². The van der Waals surface area contributed by atoms with E-state index in [0.29, 0.717) is 18.7 Å². The van der Waals surface area contributed by atoms with Crippen molar-refractivity contribution >= 4 is 5.96 Å².